The summed E-state index contributed by atoms with van der Waals surface area (Å²) in [5.74, 6) is 3.54. The van der Waals surface area contributed by atoms with Gasteiger partial charge >= 0.3 is 0 Å². The Morgan fingerprint density at radius 2 is 1.58 bits per heavy atom. The molecule has 1 aromatic heterocycles. The highest BCUT2D eigenvalue weighted by Crippen LogP contribution is 2.28. The maximum Gasteiger partial charge on any atom is 0.225 e. The summed E-state index contributed by atoms with van der Waals surface area (Å²) >= 11 is 0. The molecule has 5 nitrogen and oxygen atoms in total. The minimum absolute atomic E-state index is 0.569. The predicted molar refractivity (Wildman–Crippen MR) is 100 cm³/mol. The molecule has 130 valence electrons. The van der Waals surface area contributed by atoms with Gasteiger partial charge < -0.3 is 14.8 Å². The quantitative estimate of drug-likeness (QED) is 0.726. The average Bonchev–Trinajstić information content (AvgIpc) is 3.21. The highest BCUT2D eigenvalue weighted by atomic mass is 16.5. The molecule has 4 rings (SSSR count). The molecular formula is C21H19N3O2. The topological polar surface area (TPSA) is 56.3 Å². The largest absolute Gasteiger partial charge is 0.457 e. The van der Waals surface area contributed by atoms with Crippen LogP contribution in [0, 0.1) is 6.92 Å². The van der Waals surface area contributed by atoms with E-state index in [4.69, 9.17) is 9.47 Å². The number of benzene rings is 2. The van der Waals surface area contributed by atoms with E-state index >= 15 is 0 Å². The zero-order chi connectivity index (χ0) is 17.8. The van der Waals surface area contributed by atoms with E-state index in [1.807, 2.05) is 67.7 Å². The number of aryl methyl sites for hydroxylation is 1. The first-order chi connectivity index (χ1) is 12.8. The van der Waals surface area contributed by atoms with E-state index in [-0.39, 0.29) is 0 Å². The second-order valence-electron chi connectivity index (χ2n) is 6.04. The van der Waals surface area contributed by atoms with Crippen LogP contribution in [0.5, 0.6) is 23.1 Å². The molecule has 0 aliphatic carbocycles. The second kappa shape index (κ2) is 7.27. The molecule has 1 N–H and O–H groups in total. The molecule has 26 heavy (non-hydrogen) atoms. The molecule has 0 spiro atoms. The summed E-state index contributed by atoms with van der Waals surface area (Å²) in [6.07, 6.45) is 4.68. The van der Waals surface area contributed by atoms with Gasteiger partial charge in [-0.25, -0.2) is 4.98 Å². The van der Waals surface area contributed by atoms with Crippen molar-refractivity contribution in [2.45, 2.75) is 13.3 Å². The maximum atomic E-state index is 5.96. The number of hydrogen-bond acceptors (Lipinski definition) is 5. The number of ether oxygens (including phenoxy) is 2. The van der Waals surface area contributed by atoms with Crippen molar-refractivity contribution in [3.05, 3.63) is 78.4 Å². The lowest BCUT2D eigenvalue weighted by Crippen LogP contribution is -1.99. The summed E-state index contributed by atoms with van der Waals surface area (Å²) < 4.78 is 11.8. The van der Waals surface area contributed by atoms with Gasteiger partial charge in [-0.15, -0.1) is 0 Å². The SMILES string of the molecule is Cc1cnc(C2=CNCC2)nc1Oc1ccc(Oc2ccccc2)cc1. The van der Waals surface area contributed by atoms with Gasteiger partial charge in [-0.1, -0.05) is 18.2 Å². The minimum Gasteiger partial charge on any atom is -0.457 e. The minimum atomic E-state index is 0.569. The lowest BCUT2D eigenvalue weighted by molar-refractivity contribution is 0.451. The van der Waals surface area contributed by atoms with Crippen LogP contribution < -0.4 is 14.8 Å². The highest BCUT2D eigenvalue weighted by Gasteiger charge is 2.13. The highest BCUT2D eigenvalue weighted by molar-refractivity contribution is 5.61. The Morgan fingerprint density at radius 3 is 2.27 bits per heavy atom. The first-order valence-electron chi connectivity index (χ1n) is 8.55. The molecule has 1 aliphatic rings. The molecule has 0 bridgehead atoms. The molecule has 0 saturated heterocycles. The predicted octanol–water partition coefficient (Wildman–Crippen LogP) is 4.70. The molecule has 0 saturated carbocycles. The van der Waals surface area contributed by atoms with Crippen molar-refractivity contribution in [3.8, 4) is 23.1 Å². The van der Waals surface area contributed by atoms with Crippen molar-refractivity contribution < 1.29 is 9.47 Å². The third-order valence-electron chi connectivity index (χ3n) is 4.04. The van der Waals surface area contributed by atoms with E-state index in [0.717, 1.165) is 35.6 Å². The van der Waals surface area contributed by atoms with Crippen LogP contribution in [0.3, 0.4) is 0 Å². The number of hydrogen-bond donors (Lipinski definition) is 1. The first kappa shape index (κ1) is 16.1. The van der Waals surface area contributed by atoms with Crippen LogP contribution in [0.25, 0.3) is 5.57 Å². The summed E-state index contributed by atoms with van der Waals surface area (Å²) in [6.45, 7) is 2.86. The summed E-state index contributed by atoms with van der Waals surface area (Å²) in [4.78, 5) is 8.97. The summed E-state index contributed by atoms with van der Waals surface area (Å²) in [7, 11) is 0. The number of nitrogens with zero attached hydrogens (tertiary/aromatic N) is 2. The summed E-state index contributed by atoms with van der Waals surface area (Å²) in [5.41, 5.74) is 1.99. The van der Waals surface area contributed by atoms with Crippen LogP contribution >= 0.6 is 0 Å². The fourth-order valence-corrected chi connectivity index (χ4v) is 2.65. The van der Waals surface area contributed by atoms with E-state index < -0.39 is 0 Å². The lowest BCUT2D eigenvalue weighted by atomic mass is 10.2. The van der Waals surface area contributed by atoms with E-state index in [1.54, 1.807) is 6.20 Å². The number of rotatable bonds is 5. The number of aromatic nitrogens is 2. The van der Waals surface area contributed by atoms with Crippen LogP contribution in [0.15, 0.2) is 67.0 Å². The molecule has 0 amide bonds. The molecule has 1 aliphatic heterocycles. The van der Waals surface area contributed by atoms with Crippen molar-refractivity contribution in [3.63, 3.8) is 0 Å². The third-order valence-corrected chi connectivity index (χ3v) is 4.04. The Hall–Kier alpha value is -3.34. The molecule has 3 aromatic rings. The van der Waals surface area contributed by atoms with Crippen molar-refractivity contribution in [2.75, 3.05) is 6.54 Å². The van der Waals surface area contributed by atoms with Gasteiger partial charge in [-0.2, -0.15) is 4.98 Å². The normalized spacial score (nSPS) is 13.0. The monoisotopic (exact) mass is 345 g/mol. The van der Waals surface area contributed by atoms with Crippen LogP contribution in [-0.4, -0.2) is 16.5 Å². The van der Waals surface area contributed by atoms with Crippen molar-refractivity contribution in [1.82, 2.24) is 15.3 Å². The van der Waals surface area contributed by atoms with Crippen LogP contribution in [-0.2, 0) is 0 Å². The number of nitrogens with one attached hydrogen (secondary N) is 1. The zero-order valence-electron chi connectivity index (χ0n) is 14.5. The summed E-state index contributed by atoms with van der Waals surface area (Å²) in [6, 6.07) is 17.2. The smallest absolute Gasteiger partial charge is 0.225 e. The van der Waals surface area contributed by atoms with E-state index in [9.17, 15) is 0 Å². The lowest BCUT2D eigenvalue weighted by Gasteiger charge is -2.10. The average molecular weight is 345 g/mol. The van der Waals surface area contributed by atoms with Crippen molar-refractivity contribution >= 4 is 5.57 Å². The molecule has 2 aromatic carbocycles. The van der Waals surface area contributed by atoms with Crippen LogP contribution in [0.1, 0.15) is 17.8 Å². The third kappa shape index (κ3) is 3.67. The van der Waals surface area contributed by atoms with Gasteiger partial charge in [-0.05, 0) is 49.7 Å². The van der Waals surface area contributed by atoms with Gasteiger partial charge in [0.2, 0.25) is 5.88 Å². The Bertz CT molecular complexity index is 922. The maximum absolute atomic E-state index is 5.96. The van der Waals surface area contributed by atoms with Crippen molar-refractivity contribution in [1.29, 1.82) is 0 Å². The Morgan fingerprint density at radius 1 is 0.885 bits per heavy atom. The Kier molecular flexibility index (Phi) is 4.51. The van der Waals surface area contributed by atoms with E-state index in [2.05, 4.69) is 15.3 Å². The van der Waals surface area contributed by atoms with E-state index in [1.165, 1.54) is 0 Å². The number of para-hydroxylation sites is 1. The Labute approximate surface area is 152 Å². The molecule has 2 heterocycles. The first-order valence-corrected chi connectivity index (χ1v) is 8.55. The van der Waals surface area contributed by atoms with Gasteiger partial charge in [0.05, 0.1) is 0 Å². The molecule has 0 atom stereocenters. The fourth-order valence-electron chi connectivity index (χ4n) is 2.65. The van der Waals surface area contributed by atoms with Gasteiger partial charge in [0, 0.05) is 30.1 Å². The van der Waals surface area contributed by atoms with Crippen LogP contribution in [0.4, 0.5) is 0 Å². The zero-order valence-corrected chi connectivity index (χ0v) is 14.5. The van der Waals surface area contributed by atoms with Gasteiger partial charge in [0.25, 0.3) is 0 Å². The van der Waals surface area contributed by atoms with Gasteiger partial charge in [0.1, 0.15) is 17.2 Å². The standard InChI is InChI=1S/C21H19N3O2/c1-15-13-23-20(16-11-12-22-14-16)24-21(15)26-19-9-7-18(8-10-19)25-17-5-3-2-4-6-17/h2-10,13-14,22H,11-12H2,1H3. The molecule has 0 radical (unpaired) electrons. The summed E-state index contributed by atoms with van der Waals surface area (Å²) in [5, 5.41) is 3.18. The van der Waals surface area contributed by atoms with Gasteiger partial charge in [0.15, 0.2) is 5.82 Å². The fraction of sp³-hybridized carbons (Fsp3) is 0.143. The van der Waals surface area contributed by atoms with Crippen molar-refractivity contribution in [2.24, 2.45) is 0 Å². The molecule has 5 heteroatoms. The van der Waals surface area contributed by atoms with E-state index in [0.29, 0.717) is 17.5 Å². The van der Waals surface area contributed by atoms with Crippen LogP contribution in [0.2, 0.25) is 0 Å². The molecular weight excluding hydrogens is 326 g/mol. The van der Waals surface area contributed by atoms with Gasteiger partial charge in [-0.3, -0.25) is 0 Å². The molecule has 0 unspecified atom stereocenters. The second-order valence-corrected chi connectivity index (χ2v) is 6.04. The Balaban J connectivity index is 1.49. The molecule has 0 fully saturated rings.